The summed E-state index contributed by atoms with van der Waals surface area (Å²) in [6, 6.07) is 0. The van der Waals surface area contributed by atoms with E-state index in [2.05, 4.69) is 9.97 Å². The van der Waals surface area contributed by atoms with Gasteiger partial charge in [0.2, 0.25) is 0 Å². The first-order valence-corrected chi connectivity index (χ1v) is 7.63. The summed E-state index contributed by atoms with van der Waals surface area (Å²) in [6.45, 7) is 0.917. The molecule has 6 nitrogen and oxygen atoms in total. The monoisotopic (exact) mass is 341 g/mol. The summed E-state index contributed by atoms with van der Waals surface area (Å²) < 4.78 is 41.6. The van der Waals surface area contributed by atoms with E-state index in [0.717, 1.165) is 12.6 Å². The van der Waals surface area contributed by atoms with Crippen LogP contribution in [0.15, 0.2) is 18.7 Å². The second-order valence-electron chi connectivity index (χ2n) is 6.11. The molecule has 1 atom stereocenters. The molecule has 0 bridgehead atoms. The second-order valence-corrected chi connectivity index (χ2v) is 6.11. The van der Waals surface area contributed by atoms with E-state index < -0.39 is 11.9 Å². The number of nitrogens with zero attached hydrogens (tertiary/aromatic N) is 5. The van der Waals surface area contributed by atoms with E-state index in [1.54, 1.807) is 36.1 Å². The Balaban J connectivity index is 1.79. The van der Waals surface area contributed by atoms with Crippen LogP contribution < -0.4 is 0 Å². The lowest BCUT2D eigenvalue weighted by atomic mass is 9.97. The molecule has 1 aliphatic heterocycles. The van der Waals surface area contributed by atoms with E-state index in [4.69, 9.17) is 0 Å². The van der Waals surface area contributed by atoms with E-state index in [1.165, 1.54) is 4.57 Å². The van der Waals surface area contributed by atoms with Gasteiger partial charge in [0.05, 0.1) is 6.33 Å². The van der Waals surface area contributed by atoms with Gasteiger partial charge in [-0.2, -0.15) is 13.2 Å². The van der Waals surface area contributed by atoms with Crippen LogP contribution in [0, 0.1) is 0 Å². The number of rotatable bonds is 2. The largest absolute Gasteiger partial charge is 0.434 e. The lowest BCUT2D eigenvalue weighted by Gasteiger charge is -2.32. The molecule has 2 aromatic heterocycles. The highest BCUT2D eigenvalue weighted by Crippen LogP contribution is 2.32. The lowest BCUT2D eigenvalue weighted by molar-refractivity contribution is -0.141. The molecule has 0 aliphatic carbocycles. The summed E-state index contributed by atoms with van der Waals surface area (Å²) in [5.41, 5.74) is -0.554. The van der Waals surface area contributed by atoms with Crippen LogP contribution in [0.1, 0.15) is 40.8 Å². The van der Waals surface area contributed by atoms with Crippen molar-refractivity contribution in [3.8, 4) is 0 Å². The SMILES string of the molecule is Cn1cnc(C(=O)N2CCC[C@H](c3nc(C(F)(F)F)cn3C)C2)c1. The van der Waals surface area contributed by atoms with Crippen molar-refractivity contribution in [2.45, 2.75) is 24.9 Å². The van der Waals surface area contributed by atoms with E-state index in [9.17, 15) is 18.0 Å². The average Bonchev–Trinajstić information content (AvgIpc) is 3.12. The van der Waals surface area contributed by atoms with E-state index >= 15 is 0 Å². The fraction of sp³-hybridized carbons (Fsp3) is 0.533. The predicted molar refractivity (Wildman–Crippen MR) is 79.3 cm³/mol. The van der Waals surface area contributed by atoms with Crippen LogP contribution >= 0.6 is 0 Å². The average molecular weight is 341 g/mol. The Morgan fingerprint density at radius 3 is 2.62 bits per heavy atom. The molecule has 9 heteroatoms. The molecule has 0 N–H and O–H groups in total. The summed E-state index contributed by atoms with van der Waals surface area (Å²) in [5.74, 6) is -0.0566. The molecule has 0 aromatic carbocycles. The van der Waals surface area contributed by atoms with Gasteiger partial charge in [-0.3, -0.25) is 4.79 Å². The number of hydrogen-bond acceptors (Lipinski definition) is 3. The van der Waals surface area contributed by atoms with Crippen molar-refractivity contribution in [1.82, 2.24) is 24.0 Å². The van der Waals surface area contributed by atoms with Gasteiger partial charge in [0.1, 0.15) is 11.5 Å². The molecular weight excluding hydrogens is 323 g/mol. The molecule has 1 amide bonds. The van der Waals surface area contributed by atoms with Gasteiger partial charge in [0.15, 0.2) is 5.69 Å². The van der Waals surface area contributed by atoms with Gasteiger partial charge >= 0.3 is 6.18 Å². The molecule has 1 saturated heterocycles. The van der Waals surface area contributed by atoms with Crippen molar-refractivity contribution in [1.29, 1.82) is 0 Å². The quantitative estimate of drug-likeness (QED) is 0.841. The highest BCUT2D eigenvalue weighted by atomic mass is 19.4. The first-order chi connectivity index (χ1) is 11.3. The van der Waals surface area contributed by atoms with Gasteiger partial charge in [-0.25, -0.2) is 9.97 Å². The van der Waals surface area contributed by atoms with E-state index in [0.29, 0.717) is 31.0 Å². The summed E-state index contributed by atoms with van der Waals surface area (Å²) in [4.78, 5) is 21.9. The number of piperidine rings is 1. The van der Waals surface area contributed by atoms with Crippen LogP contribution in [0.3, 0.4) is 0 Å². The number of halogens is 3. The number of imidazole rings is 2. The highest BCUT2D eigenvalue weighted by Gasteiger charge is 2.36. The highest BCUT2D eigenvalue weighted by molar-refractivity contribution is 5.92. The second kappa shape index (κ2) is 5.95. The van der Waals surface area contributed by atoms with Crippen LogP contribution in [0.5, 0.6) is 0 Å². The molecule has 2 aromatic rings. The third-order valence-corrected chi connectivity index (χ3v) is 4.20. The van der Waals surface area contributed by atoms with Crippen molar-refractivity contribution in [2.24, 2.45) is 14.1 Å². The molecule has 0 unspecified atom stereocenters. The minimum atomic E-state index is -4.46. The van der Waals surface area contributed by atoms with Gasteiger partial charge in [-0.05, 0) is 12.8 Å². The molecule has 1 fully saturated rings. The maximum absolute atomic E-state index is 12.8. The number of carbonyl (C=O) groups is 1. The van der Waals surface area contributed by atoms with Crippen molar-refractivity contribution < 1.29 is 18.0 Å². The summed E-state index contributed by atoms with van der Waals surface area (Å²) in [6.07, 6.45) is 1.13. The zero-order chi connectivity index (χ0) is 17.5. The Hall–Kier alpha value is -2.32. The third kappa shape index (κ3) is 3.15. The van der Waals surface area contributed by atoms with Gasteiger partial charge < -0.3 is 14.0 Å². The lowest BCUT2D eigenvalue weighted by Crippen LogP contribution is -2.39. The topological polar surface area (TPSA) is 56.0 Å². The predicted octanol–water partition coefficient (Wildman–Crippen LogP) is 2.19. The van der Waals surface area contributed by atoms with E-state index in [1.807, 2.05) is 0 Å². The number of amides is 1. The maximum atomic E-state index is 12.8. The molecule has 1 aliphatic rings. The smallest absolute Gasteiger partial charge is 0.340 e. The van der Waals surface area contributed by atoms with Crippen LogP contribution in [0.4, 0.5) is 13.2 Å². The third-order valence-electron chi connectivity index (χ3n) is 4.20. The first kappa shape index (κ1) is 16.5. The number of alkyl halides is 3. The normalized spacial score (nSPS) is 18.9. The molecule has 3 heterocycles. The Kier molecular flexibility index (Phi) is 4.10. The molecule has 0 saturated carbocycles. The molecule has 0 spiro atoms. The number of likely N-dealkylation sites (tertiary alicyclic amines) is 1. The van der Waals surface area contributed by atoms with Crippen LogP contribution in [0.25, 0.3) is 0 Å². The number of aromatic nitrogens is 4. The minimum absolute atomic E-state index is 0.203. The fourth-order valence-corrected chi connectivity index (χ4v) is 3.05. The van der Waals surface area contributed by atoms with Crippen molar-refractivity contribution in [3.63, 3.8) is 0 Å². The Labute approximate surface area is 136 Å². The zero-order valence-electron chi connectivity index (χ0n) is 13.4. The van der Waals surface area contributed by atoms with Gasteiger partial charge in [-0.15, -0.1) is 0 Å². The summed E-state index contributed by atoms with van der Waals surface area (Å²) in [5, 5.41) is 0. The molecule has 24 heavy (non-hydrogen) atoms. The van der Waals surface area contributed by atoms with Crippen LogP contribution in [0.2, 0.25) is 0 Å². The molecule has 130 valence electrons. The number of aryl methyl sites for hydroxylation is 2. The van der Waals surface area contributed by atoms with Gasteiger partial charge in [-0.1, -0.05) is 0 Å². The molecule has 0 radical (unpaired) electrons. The van der Waals surface area contributed by atoms with Crippen molar-refractivity contribution in [2.75, 3.05) is 13.1 Å². The van der Waals surface area contributed by atoms with Gasteiger partial charge in [0.25, 0.3) is 5.91 Å². The maximum Gasteiger partial charge on any atom is 0.434 e. The standard InChI is InChI=1S/C15H18F3N5O/c1-21-7-11(19-9-21)14(24)23-5-3-4-10(6-23)13-20-12(8-22(13)2)15(16,17)18/h7-10H,3-6H2,1-2H3/t10-/m0/s1. The Bertz CT molecular complexity index is 749. The summed E-state index contributed by atoms with van der Waals surface area (Å²) >= 11 is 0. The van der Waals surface area contributed by atoms with Crippen LogP contribution in [-0.4, -0.2) is 43.0 Å². The molecule has 3 rings (SSSR count). The molecular formula is C15H18F3N5O. The van der Waals surface area contributed by atoms with Gasteiger partial charge in [0, 0.05) is 45.5 Å². The Morgan fingerprint density at radius 2 is 2.04 bits per heavy atom. The van der Waals surface area contributed by atoms with Crippen molar-refractivity contribution >= 4 is 5.91 Å². The fourth-order valence-electron chi connectivity index (χ4n) is 3.05. The first-order valence-electron chi connectivity index (χ1n) is 7.63. The number of hydrogen-bond donors (Lipinski definition) is 0. The minimum Gasteiger partial charge on any atom is -0.340 e. The Morgan fingerprint density at radius 1 is 1.29 bits per heavy atom. The van der Waals surface area contributed by atoms with Crippen LogP contribution in [-0.2, 0) is 20.3 Å². The zero-order valence-corrected chi connectivity index (χ0v) is 13.4. The van der Waals surface area contributed by atoms with E-state index in [-0.39, 0.29) is 11.8 Å². The summed E-state index contributed by atoms with van der Waals surface area (Å²) in [7, 11) is 3.33. The van der Waals surface area contributed by atoms with Crippen molar-refractivity contribution in [3.05, 3.63) is 35.9 Å². The number of carbonyl (C=O) groups excluding carboxylic acids is 1.